The molecule has 0 saturated carbocycles. The molecule has 0 bridgehead atoms. The summed E-state index contributed by atoms with van der Waals surface area (Å²) in [6.07, 6.45) is 0. The molecule has 47 nitrogen and oxygen atoms in total. The van der Waals surface area contributed by atoms with E-state index < -0.39 is 216 Å². The van der Waals surface area contributed by atoms with Crippen LogP contribution in [0.2, 0.25) is 0 Å². The molecule has 0 atom stereocenters. The van der Waals surface area contributed by atoms with Gasteiger partial charge >= 0.3 is 214 Å². The van der Waals surface area contributed by atoms with Gasteiger partial charge in [-0.25, -0.2) is 0 Å². The minimum Gasteiger partial charge on any atom is -0.790 e. The van der Waals surface area contributed by atoms with Crippen LogP contribution in [-0.2, 0) is 90.2 Å². The van der Waals surface area contributed by atoms with Crippen molar-refractivity contribution in [3.63, 3.8) is 0 Å². The molecule has 0 fully saturated rings. The number of hydrogen-bond acceptors (Lipinski definition) is 31. The fourth-order valence-corrected chi connectivity index (χ4v) is 7.01. The fraction of sp³-hybridized carbons (Fsp3) is 0.600. The third kappa shape index (κ3) is 87.5. The topological polar surface area (TPSA) is 758 Å². The molecule has 0 spiro atoms. The average molecular weight is 1430 g/mol. The van der Waals surface area contributed by atoms with Crippen molar-refractivity contribution in [3.05, 3.63) is 0 Å². The Balaban J connectivity index is -0.000000136. The summed E-state index contributed by atoms with van der Waals surface area (Å²) in [5.74, 6) is -19.6. The van der Waals surface area contributed by atoms with Crippen molar-refractivity contribution in [2.45, 2.75) is 0 Å². The molecule has 0 amide bonds. The van der Waals surface area contributed by atoms with Crippen LogP contribution < -0.4 is 138 Å². The second kappa shape index (κ2) is 59.9. The number of rotatable bonds is 46. The largest absolute Gasteiger partial charge is 1.00 e. The summed E-state index contributed by atoms with van der Waals surface area (Å²) < 4.78 is 21.2. The average Bonchev–Trinajstić information content (AvgIpc) is 2.19. The number of hydrogen-bond donors (Lipinski definition) is 16. The summed E-state index contributed by atoms with van der Waals surface area (Å²) in [5, 5.41) is 138. The molecule has 0 aromatic rings. The smallest absolute Gasteiger partial charge is 0.790 e. The van der Waals surface area contributed by atoms with Crippen LogP contribution in [0.1, 0.15) is 0 Å². The van der Waals surface area contributed by atoms with E-state index in [4.69, 9.17) is 81.7 Å². The van der Waals surface area contributed by atoms with Gasteiger partial charge in [0.15, 0.2) is 0 Å². The van der Waals surface area contributed by atoms with Crippen molar-refractivity contribution in [2.75, 3.05) is 157 Å². The van der Waals surface area contributed by atoms with E-state index in [0.29, 0.717) is 0 Å². The van der Waals surface area contributed by atoms with E-state index in [9.17, 15) is 105 Å². The van der Waals surface area contributed by atoms with Gasteiger partial charge in [-0.15, -0.1) is 0 Å². The first-order valence-corrected chi connectivity index (χ1v) is 26.5. The minimum absolute atomic E-state index is 0. The zero-order chi connectivity index (χ0) is 70.5. The summed E-state index contributed by atoms with van der Waals surface area (Å²) in [6, 6.07) is 0. The first-order valence-electron chi connectivity index (χ1n) is 23.6. The Morgan fingerprint density at radius 3 is 0.301 bits per heavy atom. The van der Waals surface area contributed by atoms with Crippen molar-refractivity contribution in [3.8, 4) is 0 Å². The van der Waals surface area contributed by atoms with Gasteiger partial charge in [0, 0.05) is 52.4 Å². The van der Waals surface area contributed by atoms with E-state index in [0.717, 1.165) is 39.2 Å². The van der Waals surface area contributed by atoms with Crippen molar-refractivity contribution in [1.29, 1.82) is 0 Å². The van der Waals surface area contributed by atoms with Gasteiger partial charge in [-0.3, -0.25) is 116 Å². The maximum absolute atomic E-state index is 10.6. The molecule has 53 heteroatoms. The minimum atomic E-state index is -5.68. The predicted molar refractivity (Wildman–Crippen MR) is 270 cm³/mol. The number of carbonyl (C=O) groups is 16. The number of aliphatic carboxylic acids is 16. The van der Waals surface area contributed by atoms with Crippen LogP contribution in [0.4, 0.5) is 0 Å². The van der Waals surface area contributed by atoms with E-state index >= 15 is 0 Å². The number of carboxylic acids is 16. The van der Waals surface area contributed by atoms with Gasteiger partial charge in [-0.1, -0.05) is 0 Å². The van der Waals surface area contributed by atoms with E-state index in [-0.39, 0.29) is 171 Å². The summed E-state index contributed by atoms with van der Waals surface area (Å²) >= 11 is 0. The third-order valence-corrected chi connectivity index (χ3v) is 10.5. The Bertz CT molecular complexity index is 1920. The molecule has 93 heavy (non-hydrogen) atoms. The van der Waals surface area contributed by atoms with E-state index in [2.05, 4.69) is 4.31 Å². The second-order valence-electron chi connectivity index (χ2n) is 17.0. The molecule has 0 unspecified atom stereocenters. The summed E-state index contributed by atoms with van der Waals surface area (Å²) in [5.41, 5.74) is 0. The van der Waals surface area contributed by atoms with Crippen molar-refractivity contribution >= 4 is 111 Å². The van der Waals surface area contributed by atoms with Crippen LogP contribution in [-0.4, -0.2) is 373 Å². The SMILES string of the molecule is O=C(O)CN(CCN(CC(=O)O)CC(=O)O)CC(=O)O.O=C(O)CN(CCN(CC(=O)O)CC(=O)O)CC(=O)O.O=C(O)CN(CCN(CC(=O)O)CC(=O)O)CC(=O)O.O=C(O)CN(CCN(CC(=O)O)CC(=O)O)CC(=O)O.O=P([O-])([O-])OP(=O)([O-])[O-].[Na+].[Na+].[Na+].[Na+]. The summed E-state index contributed by atoms with van der Waals surface area (Å²) in [7, 11) is -11.4. The van der Waals surface area contributed by atoms with Crippen molar-refractivity contribution in [2.24, 2.45) is 0 Å². The van der Waals surface area contributed by atoms with Crippen LogP contribution in [0.25, 0.3) is 0 Å². The zero-order valence-corrected chi connectivity index (χ0v) is 59.8. The van der Waals surface area contributed by atoms with Gasteiger partial charge in [0.25, 0.3) is 0 Å². The summed E-state index contributed by atoms with van der Waals surface area (Å²) in [4.78, 5) is 215. The Morgan fingerprint density at radius 2 is 0.269 bits per heavy atom. The molecule has 0 radical (unpaired) electrons. The molecule has 0 aromatic heterocycles. The Kier molecular flexibility index (Phi) is 69.0. The first-order chi connectivity index (χ1) is 40.5. The maximum atomic E-state index is 10.6. The van der Waals surface area contributed by atoms with E-state index in [1.165, 1.54) is 0 Å². The molecular formula is C40H64N8Na4O39P2. The predicted octanol–water partition coefficient (Wildman–Crippen LogP) is -23.6. The van der Waals surface area contributed by atoms with Crippen LogP contribution in [0, 0.1) is 0 Å². The van der Waals surface area contributed by atoms with Crippen molar-refractivity contribution in [1.82, 2.24) is 39.2 Å². The zero-order valence-electron chi connectivity index (χ0n) is 50.0. The van der Waals surface area contributed by atoms with Gasteiger partial charge in [0.05, 0.1) is 120 Å². The van der Waals surface area contributed by atoms with E-state index in [1.54, 1.807) is 0 Å². The Hall–Kier alpha value is -4.54. The first kappa shape index (κ1) is 107. The second-order valence-corrected chi connectivity index (χ2v) is 19.4. The molecule has 0 saturated heterocycles. The molecule has 0 aliphatic carbocycles. The molecule has 0 heterocycles. The molecule has 16 N–H and O–H groups in total. The van der Waals surface area contributed by atoms with Gasteiger partial charge < -0.3 is 115 Å². The molecule has 0 aromatic carbocycles. The number of carboxylic acid groups (broad SMARTS) is 16. The Morgan fingerprint density at radius 1 is 0.204 bits per heavy atom. The van der Waals surface area contributed by atoms with Gasteiger partial charge in [0.1, 0.15) is 0 Å². The van der Waals surface area contributed by atoms with Crippen molar-refractivity contribution < 1.29 is 310 Å². The maximum Gasteiger partial charge on any atom is 1.00 e. The van der Waals surface area contributed by atoms with Crippen LogP contribution in [0.5, 0.6) is 0 Å². The van der Waals surface area contributed by atoms with E-state index in [1.807, 2.05) is 0 Å². The molecular weight excluding hydrogens is 1370 g/mol. The molecule has 0 aliphatic heterocycles. The molecule has 0 rings (SSSR count). The van der Waals surface area contributed by atoms with Gasteiger partial charge in [-0.2, -0.15) is 0 Å². The quantitative estimate of drug-likeness (QED) is 0.0199. The normalized spacial score (nSPS) is 10.5. The Labute approximate surface area is 611 Å². The monoisotopic (exact) mass is 1430 g/mol. The number of nitrogens with zero attached hydrogens (tertiary/aromatic N) is 8. The van der Waals surface area contributed by atoms with Crippen LogP contribution >= 0.6 is 15.6 Å². The standard InChI is InChI=1S/4C10H16N2O8.4Na.H4O7P2/c4*13-7(14)3-11(4-8(15)16)1-2-12(5-9(17)18)6-10(19)20;;;;;1-8(2,3)7-9(4,5)6/h4*1-6H2,(H,13,14)(H,15,16)(H,17,18)(H,19,20);;;;;(H2,1,2,3)(H2,4,5,6)/q;;;;4*+1;/p-4. The van der Waals surface area contributed by atoms with Crippen LogP contribution in [0.15, 0.2) is 0 Å². The number of phosphoric acid groups is 2. The molecule has 512 valence electrons. The summed E-state index contributed by atoms with van der Waals surface area (Å²) in [6.45, 7) is -9.00. The van der Waals surface area contributed by atoms with Crippen LogP contribution in [0.3, 0.4) is 0 Å². The van der Waals surface area contributed by atoms with Gasteiger partial charge in [0.2, 0.25) is 0 Å². The van der Waals surface area contributed by atoms with Gasteiger partial charge in [-0.05, 0) is 0 Å². The fourth-order valence-electron chi connectivity index (χ4n) is 6.03. The molecule has 0 aliphatic rings. The third-order valence-electron chi connectivity index (χ3n) is 8.87.